The second-order valence-electron chi connectivity index (χ2n) is 9.99. The van der Waals surface area contributed by atoms with Gasteiger partial charge in [-0.1, -0.05) is 25.2 Å². The van der Waals surface area contributed by atoms with E-state index in [-0.39, 0.29) is 17.5 Å². The lowest BCUT2D eigenvalue weighted by Crippen LogP contribution is -2.43. The Morgan fingerprint density at radius 2 is 1.87 bits per heavy atom. The van der Waals surface area contributed by atoms with E-state index in [0.29, 0.717) is 41.0 Å². The average Bonchev–Trinajstić information content (AvgIpc) is 3.40. The molecule has 0 N–H and O–H groups in total. The summed E-state index contributed by atoms with van der Waals surface area (Å²) < 4.78 is 36.8. The van der Waals surface area contributed by atoms with Gasteiger partial charge in [-0.15, -0.1) is 10.2 Å². The highest BCUT2D eigenvalue weighted by Gasteiger charge is 2.30. The lowest BCUT2D eigenvalue weighted by molar-refractivity contribution is 0.102. The minimum atomic E-state index is -0.574. The van der Waals surface area contributed by atoms with E-state index in [1.165, 1.54) is 18.3 Å². The molecule has 0 saturated carbocycles. The Morgan fingerprint density at radius 3 is 2.47 bits per heavy atom. The number of nitrogens with zero attached hydrogens (tertiary/aromatic N) is 6. The maximum Gasteiger partial charge on any atom is 0.268 e. The number of hydrogen-bond donors (Lipinski definition) is 0. The molecule has 202 valence electrons. The van der Waals surface area contributed by atoms with Crippen LogP contribution in [0.2, 0.25) is 0 Å². The maximum absolute atomic E-state index is 15.5. The van der Waals surface area contributed by atoms with Crippen molar-refractivity contribution in [1.82, 2.24) is 30.0 Å². The van der Waals surface area contributed by atoms with Gasteiger partial charge in [-0.05, 0) is 66.3 Å². The number of aromatic nitrogens is 4. The summed E-state index contributed by atoms with van der Waals surface area (Å²) in [6.45, 7) is 9.15. The second kappa shape index (κ2) is 12.0. The summed E-state index contributed by atoms with van der Waals surface area (Å²) in [4.78, 5) is 13.4. The maximum atomic E-state index is 15.5. The van der Waals surface area contributed by atoms with Crippen molar-refractivity contribution in [3.63, 3.8) is 0 Å². The Balaban J connectivity index is 1.62. The van der Waals surface area contributed by atoms with Gasteiger partial charge in [0.1, 0.15) is 17.3 Å². The molecule has 9 heteroatoms. The molecular formula is C29H36F2N6O. The Morgan fingerprint density at radius 1 is 1.18 bits per heavy atom. The highest BCUT2D eigenvalue weighted by atomic mass is 19.1. The topological polar surface area (TPSA) is 71.2 Å². The van der Waals surface area contributed by atoms with Gasteiger partial charge in [0.2, 0.25) is 5.89 Å². The molecule has 0 radical (unpaired) electrons. The van der Waals surface area contributed by atoms with Crippen LogP contribution in [0, 0.1) is 18.6 Å². The third kappa shape index (κ3) is 5.89. The molecule has 2 aromatic heterocycles. The van der Waals surface area contributed by atoms with Crippen molar-refractivity contribution < 1.29 is 13.2 Å². The van der Waals surface area contributed by atoms with E-state index in [1.807, 2.05) is 39.0 Å². The van der Waals surface area contributed by atoms with E-state index in [0.717, 1.165) is 31.5 Å². The van der Waals surface area contributed by atoms with E-state index in [2.05, 4.69) is 44.1 Å². The molecule has 0 spiro atoms. The van der Waals surface area contributed by atoms with Crippen molar-refractivity contribution in [2.45, 2.75) is 59.0 Å². The smallest absolute Gasteiger partial charge is 0.268 e. The summed E-state index contributed by atoms with van der Waals surface area (Å²) in [5.41, 5.74) is 2.51. The zero-order chi connectivity index (χ0) is 27.4. The zero-order valence-corrected chi connectivity index (χ0v) is 23.0. The normalized spacial score (nSPS) is 16.6. The van der Waals surface area contributed by atoms with Crippen LogP contribution in [0.15, 0.2) is 41.0 Å². The molecule has 3 aromatic rings. The Labute approximate surface area is 223 Å². The predicted octanol–water partition coefficient (Wildman–Crippen LogP) is 6.24. The highest BCUT2D eigenvalue weighted by Crippen LogP contribution is 2.34. The van der Waals surface area contributed by atoms with Crippen LogP contribution in [0.5, 0.6) is 0 Å². The van der Waals surface area contributed by atoms with Crippen molar-refractivity contribution in [2.24, 2.45) is 0 Å². The van der Waals surface area contributed by atoms with E-state index >= 15 is 8.78 Å². The quantitative estimate of drug-likeness (QED) is 0.325. The minimum Gasteiger partial charge on any atom is -0.415 e. The summed E-state index contributed by atoms with van der Waals surface area (Å²) in [7, 11) is 4.16. The zero-order valence-electron chi connectivity index (χ0n) is 23.0. The number of aryl methyl sites for hydroxylation is 1. The van der Waals surface area contributed by atoms with Crippen molar-refractivity contribution >= 4 is 5.57 Å². The van der Waals surface area contributed by atoms with Crippen LogP contribution in [-0.4, -0.2) is 63.2 Å². The summed E-state index contributed by atoms with van der Waals surface area (Å²) in [6, 6.07) is 2.88. The van der Waals surface area contributed by atoms with Crippen molar-refractivity contribution in [2.75, 3.05) is 27.2 Å². The Kier molecular flexibility index (Phi) is 8.79. The molecule has 0 amide bonds. The van der Waals surface area contributed by atoms with Crippen molar-refractivity contribution in [1.29, 1.82) is 0 Å². The summed E-state index contributed by atoms with van der Waals surface area (Å²) in [5, 5.41) is 8.22. The van der Waals surface area contributed by atoms with Crippen LogP contribution in [0.1, 0.15) is 63.2 Å². The average molecular weight is 523 g/mol. The third-order valence-electron chi connectivity index (χ3n) is 7.22. The fourth-order valence-electron chi connectivity index (χ4n) is 4.99. The van der Waals surface area contributed by atoms with Gasteiger partial charge in [0, 0.05) is 41.9 Å². The van der Waals surface area contributed by atoms with E-state index in [9.17, 15) is 0 Å². The summed E-state index contributed by atoms with van der Waals surface area (Å²) in [6.07, 6.45) is 9.74. The fraction of sp³-hybridized carbons (Fsp3) is 0.448. The molecule has 38 heavy (non-hydrogen) atoms. The molecule has 0 bridgehead atoms. The van der Waals surface area contributed by atoms with Gasteiger partial charge in [-0.2, -0.15) is 0 Å². The van der Waals surface area contributed by atoms with Gasteiger partial charge in [0.15, 0.2) is 0 Å². The fourth-order valence-corrected chi connectivity index (χ4v) is 4.99. The molecule has 1 saturated heterocycles. The molecule has 1 fully saturated rings. The summed E-state index contributed by atoms with van der Waals surface area (Å²) in [5.74, 6) is -0.582. The molecule has 1 aliphatic heterocycles. The number of rotatable bonds is 8. The van der Waals surface area contributed by atoms with E-state index in [1.54, 1.807) is 6.92 Å². The number of allylic oxidation sites excluding steroid dienone is 4. The first-order chi connectivity index (χ1) is 18.2. The standard InChI is InChI=1S/C29H36F2N6O/c1-7-9-10-18(3)28-34-35-29(38-28)27-19(4)32-17-24(33-27)20-15-22(30)26(23(31)16-20)25(8-2)37-13-11-21(12-14-37)36(5)6/h7,9-10,15-17,21,25H,8,11-14H2,1-6H3/b9-7-,18-10+. The number of benzene rings is 1. The van der Waals surface area contributed by atoms with Gasteiger partial charge in [-0.3, -0.25) is 9.88 Å². The first-order valence-corrected chi connectivity index (χ1v) is 13.1. The van der Waals surface area contributed by atoms with Gasteiger partial charge in [0.05, 0.1) is 17.6 Å². The number of halogens is 2. The van der Waals surface area contributed by atoms with Crippen LogP contribution in [0.3, 0.4) is 0 Å². The largest absolute Gasteiger partial charge is 0.415 e. The van der Waals surface area contributed by atoms with E-state index in [4.69, 9.17) is 4.42 Å². The second-order valence-corrected chi connectivity index (χ2v) is 9.99. The number of piperidine rings is 1. The summed E-state index contributed by atoms with van der Waals surface area (Å²) >= 11 is 0. The highest BCUT2D eigenvalue weighted by molar-refractivity contribution is 5.64. The molecule has 4 rings (SSSR count). The van der Waals surface area contributed by atoms with Crippen LogP contribution < -0.4 is 0 Å². The van der Waals surface area contributed by atoms with E-state index < -0.39 is 11.6 Å². The first kappa shape index (κ1) is 27.7. The number of hydrogen-bond acceptors (Lipinski definition) is 7. The van der Waals surface area contributed by atoms with Crippen molar-refractivity contribution in [3.8, 4) is 22.8 Å². The SMILES string of the molecule is C/C=C\C=C(/C)c1nnc(-c2nc(-c3cc(F)c(C(CC)N4CCC(N(C)C)CC4)c(F)c3)cnc2C)o1. The monoisotopic (exact) mass is 522 g/mol. The molecule has 3 heterocycles. The number of likely N-dealkylation sites (tertiary alicyclic amines) is 1. The van der Waals surface area contributed by atoms with Gasteiger partial charge >= 0.3 is 0 Å². The Hall–Kier alpha value is -3.30. The van der Waals surface area contributed by atoms with Crippen LogP contribution in [0.25, 0.3) is 28.4 Å². The molecular weight excluding hydrogens is 486 g/mol. The van der Waals surface area contributed by atoms with Gasteiger partial charge in [-0.25, -0.2) is 13.8 Å². The molecule has 1 atom stereocenters. The van der Waals surface area contributed by atoms with Gasteiger partial charge in [0.25, 0.3) is 5.89 Å². The lowest BCUT2D eigenvalue weighted by Gasteiger charge is -2.39. The molecule has 1 unspecified atom stereocenters. The van der Waals surface area contributed by atoms with Crippen LogP contribution >= 0.6 is 0 Å². The molecule has 0 aliphatic carbocycles. The third-order valence-corrected chi connectivity index (χ3v) is 7.22. The van der Waals surface area contributed by atoms with Crippen molar-refractivity contribution in [3.05, 3.63) is 65.3 Å². The van der Waals surface area contributed by atoms with Crippen LogP contribution in [0.4, 0.5) is 8.78 Å². The minimum absolute atomic E-state index is 0.116. The predicted molar refractivity (Wildman–Crippen MR) is 145 cm³/mol. The molecule has 1 aliphatic rings. The molecule has 7 nitrogen and oxygen atoms in total. The van der Waals surface area contributed by atoms with Crippen LogP contribution in [-0.2, 0) is 0 Å². The molecule has 1 aromatic carbocycles. The van der Waals surface area contributed by atoms with Gasteiger partial charge < -0.3 is 9.32 Å². The first-order valence-electron chi connectivity index (χ1n) is 13.1. The lowest BCUT2D eigenvalue weighted by atomic mass is 9.95. The Bertz CT molecular complexity index is 1300.